The predicted molar refractivity (Wildman–Crippen MR) is 262 cm³/mol. The smallest absolute Gasteiger partial charge is 0.416 e. The highest BCUT2D eigenvalue weighted by molar-refractivity contribution is 7.90. The highest BCUT2D eigenvalue weighted by atomic mass is 32.2. The number of carbonyl (C=O) groups excluding carboxylic acids is 2. The number of hydrogen-bond acceptors (Lipinski definition) is 11. The van der Waals surface area contributed by atoms with Gasteiger partial charge in [0.15, 0.2) is 0 Å². The molecule has 1 unspecified atom stereocenters. The van der Waals surface area contributed by atoms with Gasteiger partial charge in [-0.05, 0) is 109 Å². The van der Waals surface area contributed by atoms with Crippen LogP contribution in [-0.2, 0) is 25.7 Å². The summed E-state index contributed by atoms with van der Waals surface area (Å²) >= 11 is 0. The molecule has 2 saturated heterocycles. The van der Waals surface area contributed by atoms with E-state index in [0.717, 1.165) is 41.5 Å². The van der Waals surface area contributed by atoms with E-state index in [0.29, 0.717) is 88.0 Å². The van der Waals surface area contributed by atoms with Crippen molar-refractivity contribution in [2.45, 2.75) is 77.5 Å². The van der Waals surface area contributed by atoms with Crippen LogP contribution in [0.5, 0.6) is 11.5 Å². The number of pyridine rings is 1. The number of nitrogen functional groups attached to an aromatic ring is 1. The molecule has 0 spiro atoms. The van der Waals surface area contributed by atoms with E-state index in [1.807, 2.05) is 24.8 Å². The molecule has 5 aromatic rings. The molecule has 8 rings (SSSR count). The van der Waals surface area contributed by atoms with Gasteiger partial charge in [0.05, 0.1) is 46.3 Å². The zero-order chi connectivity index (χ0) is 49.3. The van der Waals surface area contributed by atoms with Crippen LogP contribution in [0, 0.1) is 18.3 Å². The number of fused-ring (bicyclic) bond motifs is 1. The molecule has 0 bridgehead atoms. The third-order valence-electron chi connectivity index (χ3n) is 13.3. The minimum absolute atomic E-state index is 0.0155. The van der Waals surface area contributed by atoms with E-state index >= 15 is 0 Å². The van der Waals surface area contributed by atoms with Crippen LogP contribution in [0.1, 0.15) is 80.4 Å². The number of morpholine rings is 1. The van der Waals surface area contributed by atoms with Crippen molar-refractivity contribution in [1.82, 2.24) is 24.5 Å². The average Bonchev–Trinajstić information content (AvgIpc) is 3.78. The van der Waals surface area contributed by atoms with Gasteiger partial charge in [-0.3, -0.25) is 14.5 Å². The molecule has 4 heterocycles. The second-order valence-corrected chi connectivity index (χ2v) is 21.1. The van der Waals surface area contributed by atoms with Crippen molar-refractivity contribution in [3.8, 4) is 11.5 Å². The fourth-order valence-electron chi connectivity index (χ4n) is 9.42. The average molecular weight is 971 g/mol. The summed E-state index contributed by atoms with van der Waals surface area (Å²) in [5.74, 6) is -0.441. The van der Waals surface area contributed by atoms with Crippen molar-refractivity contribution >= 4 is 55.5 Å². The van der Waals surface area contributed by atoms with Gasteiger partial charge in [-0.15, -0.1) is 0 Å². The van der Waals surface area contributed by atoms with E-state index < -0.39 is 27.7 Å². The first kappa shape index (κ1) is 49.3. The Hall–Kier alpha value is -6.11. The van der Waals surface area contributed by atoms with Gasteiger partial charge in [0.25, 0.3) is 15.9 Å². The van der Waals surface area contributed by atoms with Crippen LogP contribution >= 0.6 is 0 Å². The van der Waals surface area contributed by atoms with Gasteiger partial charge >= 0.3 is 6.18 Å². The number of anilines is 3. The molecule has 3 aliphatic rings. The Bertz CT molecular complexity index is 2860. The molecule has 5 N–H and O–H groups in total. The zero-order valence-electron chi connectivity index (χ0n) is 39.7. The normalized spacial score (nSPS) is 18.2. The zero-order valence-corrected chi connectivity index (χ0v) is 40.5. The molecular formula is C51H61F3N8O6S. The molecule has 0 saturated carbocycles. The number of alkyl halides is 3. The quantitative estimate of drug-likeness (QED) is 0.0783. The first-order valence-electron chi connectivity index (χ1n) is 23.5. The number of ether oxygens (including phenoxy) is 2. The lowest BCUT2D eigenvalue weighted by atomic mass is 9.72. The number of halogens is 3. The maximum absolute atomic E-state index is 14.0. The lowest BCUT2D eigenvalue weighted by Gasteiger charge is -2.39. The summed E-state index contributed by atoms with van der Waals surface area (Å²) in [6, 6.07) is 16.9. The number of nitrogens with two attached hydrogens (primary N) is 1. The summed E-state index contributed by atoms with van der Waals surface area (Å²) in [6.07, 6.45) is 1.94. The van der Waals surface area contributed by atoms with Gasteiger partial charge in [0.2, 0.25) is 5.91 Å². The number of allylic oxidation sites excluding steroid dienone is 1. The Morgan fingerprint density at radius 2 is 1.80 bits per heavy atom. The number of aromatic amines is 1. The maximum Gasteiger partial charge on any atom is 0.416 e. The van der Waals surface area contributed by atoms with Crippen molar-refractivity contribution in [3.05, 3.63) is 107 Å². The number of piperazine rings is 1. The molecule has 1 aliphatic carbocycles. The molecule has 2 fully saturated rings. The van der Waals surface area contributed by atoms with Gasteiger partial charge in [0, 0.05) is 81.6 Å². The van der Waals surface area contributed by atoms with Crippen LogP contribution in [0.25, 0.3) is 16.6 Å². The highest BCUT2D eigenvalue weighted by Gasteiger charge is 2.34. The number of nitrogens with zero attached hydrogens (tertiary/aromatic N) is 4. The number of rotatable bonds is 14. The molecule has 368 valence electrons. The summed E-state index contributed by atoms with van der Waals surface area (Å²) in [5.41, 5.74) is 11.7. The number of benzene rings is 3. The standard InChI is InChI=1S/C51H61F3N8O6S/c1-32(2)49(64)62-22-23-67-38(31-62)14-17-56-45-11-8-40(27-44(45)55)69(65,66)59-48(63)42-10-7-37(26-46(42)68-39-25-34-13-16-57-47(34)58-29-39)61-20-18-60(19-21-61)30-35-12-15-50(4,5)28-43(35)41-9-6-36(24-33(41)3)51(52,53)54/h6-11,13,16,24-27,29,32,38,56H,12,14-15,17-23,28,30-31,55H2,1-5H3,(H,57,58)(H,59,63). The van der Waals surface area contributed by atoms with Gasteiger partial charge in [0.1, 0.15) is 17.1 Å². The maximum atomic E-state index is 14.0. The number of aromatic nitrogens is 2. The van der Waals surface area contributed by atoms with Crippen LogP contribution < -0.4 is 25.4 Å². The molecule has 3 aromatic carbocycles. The SMILES string of the molecule is Cc1cc(C(F)(F)F)ccc1C1=C(CN2CCN(c3ccc(C(=O)NS(=O)(=O)c4ccc(NCCC5CN(C(=O)C(C)C)CCO5)c(N)c4)c(Oc4cnc5[nH]ccc5c4)c3)CC2)CCC(C)(C)C1. The van der Waals surface area contributed by atoms with Gasteiger partial charge in [-0.25, -0.2) is 18.1 Å². The van der Waals surface area contributed by atoms with Crippen LogP contribution in [0.4, 0.5) is 30.2 Å². The molecule has 1 atom stereocenters. The van der Waals surface area contributed by atoms with Gasteiger partial charge < -0.3 is 35.3 Å². The Balaban J connectivity index is 0.955. The Morgan fingerprint density at radius 1 is 1.01 bits per heavy atom. The third kappa shape index (κ3) is 11.7. The summed E-state index contributed by atoms with van der Waals surface area (Å²) in [5, 5.41) is 4.01. The Kier molecular flexibility index (Phi) is 14.4. The van der Waals surface area contributed by atoms with Gasteiger partial charge in [-0.1, -0.05) is 39.3 Å². The minimum atomic E-state index is -4.41. The molecule has 2 aromatic heterocycles. The predicted octanol–water partition coefficient (Wildman–Crippen LogP) is 8.85. The molecule has 69 heavy (non-hydrogen) atoms. The number of amides is 2. The molecule has 2 aliphatic heterocycles. The molecule has 14 nitrogen and oxygen atoms in total. The van der Waals surface area contributed by atoms with Crippen molar-refractivity contribution in [2.75, 3.05) is 74.9 Å². The molecule has 0 radical (unpaired) electrons. The Labute approximate surface area is 401 Å². The summed E-state index contributed by atoms with van der Waals surface area (Å²) in [6.45, 7) is 15.3. The highest BCUT2D eigenvalue weighted by Crippen LogP contribution is 2.45. The lowest BCUT2D eigenvalue weighted by molar-refractivity contribution is -0.142. The molecule has 18 heteroatoms. The number of H-pyrrole nitrogens is 1. The van der Waals surface area contributed by atoms with E-state index in [1.54, 1.807) is 49.5 Å². The van der Waals surface area contributed by atoms with Crippen LogP contribution in [0.2, 0.25) is 0 Å². The topological polar surface area (TPSA) is 175 Å². The monoisotopic (exact) mass is 970 g/mol. The van der Waals surface area contributed by atoms with E-state index in [4.69, 9.17) is 15.2 Å². The lowest BCUT2D eigenvalue weighted by Crippen LogP contribution is -2.47. The summed E-state index contributed by atoms with van der Waals surface area (Å²) in [4.78, 5) is 40.1. The van der Waals surface area contributed by atoms with E-state index in [9.17, 15) is 31.2 Å². The minimum Gasteiger partial charge on any atom is -0.455 e. The first-order valence-corrected chi connectivity index (χ1v) is 24.9. The molecule has 2 amide bonds. The van der Waals surface area contributed by atoms with Crippen LogP contribution in [0.3, 0.4) is 0 Å². The number of carbonyl (C=O) groups is 2. The van der Waals surface area contributed by atoms with Crippen molar-refractivity contribution in [2.24, 2.45) is 11.3 Å². The number of aryl methyl sites for hydroxylation is 1. The second kappa shape index (κ2) is 20.1. The van der Waals surface area contributed by atoms with Crippen LogP contribution in [-0.4, -0.2) is 105 Å². The summed E-state index contributed by atoms with van der Waals surface area (Å²) < 4.78 is 82.6. The molecular weight excluding hydrogens is 910 g/mol. The van der Waals surface area contributed by atoms with Crippen molar-refractivity contribution in [1.29, 1.82) is 0 Å². The number of nitrogens with one attached hydrogen (secondary N) is 3. The summed E-state index contributed by atoms with van der Waals surface area (Å²) in [7, 11) is -4.41. The van der Waals surface area contributed by atoms with Crippen LogP contribution in [0.15, 0.2) is 89.6 Å². The van der Waals surface area contributed by atoms with E-state index in [2.05, 4.69) is 43.7 Å². The fourth-order valence-corrected chi connectivity index (χ4v) is 10.4. The first-order chi connectivity index (χ1) is 32.7. The second-order valence-electron chi connectivity index (χ2n) is 19.4. The fraction of sp³-hybridized carbons (Fsp3) is 0.431. The van der Waals surface area contributed by atoms with E-state index in [1.165, 1.54) is 36.0 Å². The van der Waals surface area contributed by atoms with Crippen molar-refractivity contribution < 1.29 is 40.7 Å². The third-order valence-corrected chi connectivity index (χ3v) is 14.6. The van der Waals surface area contributed by atoms with Gasteiger partial charge in [-0.2, -0.15) is 13.2 Å². The number of hydrogen-bond donors (Lipinski definition) is 4. The number of sulfonamides is 1. The van der Waals surface area contributed by atoms with E-state index in [-0.39, 0.29) is 45.2 Å². The Morgan fingerprint density at radius 3 is 2.52 bits per heavy atom. The largest absolute Gasteiger partial charge is 0.455 e. The van der Waals surface area contributed by atoms with Crippen molar-refractivity contribution in [3.63, 3.8) is 0 Å².